The molecule has 0 aliphatic heterocycles. The number of carbonyl (C=O) groups excluding carboxylic acids is 1. The maximum atomic E-state index is 11.3. The summed E-state index contributed by atoms with van der Waals surface area (Å²) in [6.45, 7) is 5.45. The molecular formula is C16H17N5OS2. The van der Waals surface area contributed by atoms with Crippen LogP contribution in [0.25, 0.3) is 10.3 Å². The molecule has 0 saturated carbocycles. The van der Waals surface area contributed by atoms with E-state index in [0.29, 0.717) is 5.65 Å². The lowest BCUT2D eigenvalue weighted by Crippen LogP contribution is -2.09. The molecule has 0 spiro atoms. The average Bonchev–Trinajstić information content (AvgIpc) is 2.95. The second kappa shape index (κ2) is 6.74. The highest BCUT2D eigenvalue weighted by Crippen LogP contribution is 2.33. The van der Waals surface area contributed by atoms with Gasteiger partial charge in [-0.2, -0.15) is 0 Å². The van der Waals surface area contributed by atoms with Gasteiger partial charge in [-0.25, -0.2) is 15.0 Å². The number of aryl methyl sites for hydroxylation is 2. The van der Waals surface area contributed by atoms with E-state index in [1.54, 1.807) is 23.1 Å². The van der Waals surface area contributed by atoms with Gasteiger partial charge in [-0.1, -0.05) is 11.8 Å². The van der Waals surface area contributed by atoms with E-state index in [0.717, 1.165) is 37.4 Å². The van der Waals surface area contributed by atoms with E-state index in [4.69, 9.17) is 0 Å². The van der Waals surface area contributed by atoms with E-state index in [-0.39, 0.29) is 5.91 Å². The first-order chi connectivity index (χ1) is 11.5. The van der Waals surface area contributed by atoms with Crippen molar-refractivity contribution in [1.82, 2.24) is 15.0 Å². The van der Waals surface area contributed by atoms with Crippen molar-refractivity contribution in [3.8, 4) is 0 Å². The van der Waals surface area contributed by atoms with Crippen molar-refractivity contribution < 1.29 is 4.79 Å². The summed E-state index contributed by atoms with van der Waals surface area (Å²) in [5.74, 6) is 0.664. The van der Waals surface area contributed by atoms with Crippen LogP contribution in [0.3, 0.4) is 0 Å². The average molecular weight is 359 g/mol. The standard InChI is InChI=1S/C16H17N5OS2/c1-8-5-11(6-9(2)12(8)19-10(3)22)20-14-13-15(18-7-17-14)21-16(23-4)24-13/h5-7H,1-4H3,(H,19,22)(H,17,18,20). The van der Waals surface area contributed by atoms with Gasteiger partial charge in [-0.3, -0.25) is 4.79 Å². The van der Waals surface area contributed by atoms with Crippen LogP contribution < -0.4 is 10.6 Å². The van der Waals surface area contributed by atoms with Gasteiger partial charge < -0.3 is 10.6 Å². The van der Waals surface area contributed by atoms with Crippen LogP contribution in [0.5, 0.6) is 0 Å². The van der Waals surface area contributed by atoms with Crippen molar-refractivity contribution in [2.75, 3.05) is 16.9 Å². The molecule has 0 radical (unpaired) electrons. The minimum Gasteiger partial charge on any atom is -0.339 e. The van der Waals surface area contributed by atoms with Crippen molar-refractivity contribution in [2.45, 2.75) is 25.1 Å². The zero-order valence-corrected chi connectivity index (χ0v) is 15.4. The third kappa shape index (κ3) is 3.34. The summed E-state index contributed by atoms with van der Waals surface area (Å²) in [7, 11) is 0. The number of fused-ring (bicyclic) bond motifs is 1. The second-order valence-corrected chi connectivity index (χ2v) is 7.40. The fourth-order valence-corrected chi connectivity index (χ4v) is 3.91. The van der Waals surface area contributed by atoms with Crippen molar-refractivity contribution in [3.63, 3.8) is 0 Å². The number of nitrogens with one attached hydrogen (secondary N) is 2. The summed E-state index contributed by atoms with van der Waals surface area (Å²) >= 11 is 3.16. The Morgan fingerprint density at radius 1 is 1.21 bits per heavy atom. The van der Waals surface area contributed by atoms with Crippen molar-refractivity contribution in [2.24, 2.45) is 0 Å². The monoisotopic (exact) mass is 359 g/mol. The summed E-state index contributed by atoms with van der Waals surface area (Å²) in [6, 6.07) is 3.98. The molecule has 0 fully saturated rings. The summed E-state index contributed by atoms with van der Waals surface area (Å²) in [6.07, 6.45) is 3.51. The Balaban J connectivity index is 1.97. The maximum Gasteiger partial charge on any atom is 0.221 e. The first-order valence-electron chi connectivity index (χ1n) is 7.29. The van der Waals surface area contributed by atoms with Gasteiger partial charge in [-0.15, -0.1) is 11.3 Å². The molecule has 3 aromatic rings. The minimum atomic E-state index is -0.0753. The first-order valence-corrected chi connectivity index (χ1v) is 9.33. The zero-order valence-electron chi connectivity index (χ0n) is 13.8. The van der Waals surface area contributed by atoms with E-state index in [2.05, 4.69) is 25.6 Å². The molecule has 8 heteroatoms. The molecule has 2 aromatic heterocycles. The lowest BCUT2D eigenvalue weighted by Gasteiger charge is -2.14. The first kappa shape index (κ1) is 16.7. The number of rotatable bonds is 4. The molecule has 1 amide bonds. The molecule has 3 rings (SSSR count). The van der Waals surface area contributed by atoms with Crippen LogP contribution >= 0.6 is 23.1 Å². The molecule has 2 heterocycles. The quantitative estimate of drug-likeness (QED) is 0.682. The van der Waals surface area contributed by atoms with Crippen LogP contribution in [0, 0.1) is 13.8 Å². The number of thiazole rings is 1. The molecule has 24 heavy (non-hydrogen) atoms. The number of benzene rings is 1. The smallest absolute Gasteiger partial charge is 0.221 e. The fraction of sp³-hybridized carbons (Fsp3) is 0.250. The minimum absolute atomic E-state index is 0.0753. The predicted octanol–water partition coefficient (Wildman–Crippen LogP) is 4.13. The van der Waals surface area contributed by atoms with Crippen LogP contribution in [-0.2, 0) is 4.79 Å². The zero-order chi connectivity index (χ0) is 17.3. The largest absolute Gasteiger partial charge is 0.339 e. The molecule has 124 valence electrons. The lowest BCUT2D eigenvalue weighted by atomic mass is 10.1. The molecule has 0 aliphatic rings. The van der Waals surface area contributed by atoms with E-state index < -0.39 is 0 Å². The van der Waals surface area contributed by atoms with Crippen LogP contribution in [0.15, 0.2) is 22.8 Å². The SMILES string of the molecule is CSc1nc2ncnc(Nc3cc(C)c(NC(C)=O)c(C)c3)c2s1. The Bertz CT molecular complexity index is 899. The van der Waals surface area contributed by atoms with Crippen LogP contribution in [0.2, 0.25) is 0 Å². The highest BCUT2D eigenvalue weighted by atomic mass is 32.2. The Labute approximate surface area is 148 Å². The van der Waals surface area contributed by atoms with Gasteiger partial charge in [0.05, 0.1) is 0 Å². The number of hydrogen-bond donors (Lipinski definition) is 2. The summed E-state index contributed by atoms with van der Waals surface area (Å²) in [5, 5.41) is 6.21. The summed E-state index contributed by atoms with van der Waals surface area (Å²) in [4.78, 5) is 24.3. The van der Waals surface area contributed by atoms with Crippen LogP contribution in [0.4, 0.5) is 17.2 Å². The number of aromatic nitrogens is 3. The molecule has 0 aliphatic carbocycles. The van der Waals surface area contributed by atoms with E-state index in [1.807, 2.05) is 32.2 Å². The lowest BCUT2D eigenvalue weighted by molar-refractivity contribution is -0.114. The Kier molecular flexibility index (Phi) is 4.68. The third-order valence-electron chi connectivity index (χ3n) is 3.44. The number of thioether (sulfide) groups is 1. The molecular weight excluding hydrogens is 342 g/mol. The Morgan fingerprint density at radius 2 is 1.92 bits per heavy atom. The Morgan fingerprint density at radius 3 is 2.54 bits per heavy atom. The van der Waals surface area contributed by atoms with E-state index in [9.17, 15) is 4.79 Å². The van der Waals surface area contributed by atoms with Gasteiger partial charge in [-0.05, 0) is 43.4 Å². The maximum absolute atomic E-state index is 11.3. The van der Waals surface area contributed by atoms with Gasteiger partial charge in [0, 0.05) is 18.3 Å². The molecule has 0 saturated heterocycles. The van der Waals surface area contributed by atoms with E-state index in [1.165, 1.54) is 13.3 Å². The van der Waals surface area contributed by atoms with Gasteiger partial charge >= 0.3 is 0 Å². The molecule has 0 atom stereocenters. The molecule has 0 bridgehead atoms. The molecule has 0 unspecified atom stereocenters. The highest BCUT2D eigenvalue weighted by molar-refractivity contribution is 8.00. The van der Waals surface area contributed by atoms with Gasteiger partial charge in [0.2, 0.25) is 5.91 Å². The van der Waals surface area contributed by atoms with Crippen molar-refractivity contribution in [1.29, 1.82) is 0 Å². The van der Waals surface area contributed by atoms with Crippen molar-refractivity contribution >= 4 is 56.5 Å². The number of nitrogens with zero attached hydrogens (tertiary/aromatic N) is 3. The summed E-state index contributed by atoms with van der Waals surface area (Å²) < 4.78 is 1.89. The Hall–Kier alpha value is -2.19. The fourth-order valence-electron chi connectivity index (χ4n) is 2.46. The summed E-state index contributed by atoms with van der Waals surface area (Å²) in [5.41, 5.74) is 4.45. The van der Waals surface area contributed by atoms with Gasteiger partial charge in [0.15, 0.2) is 15.8 Å². The van der Waals surface area contributed by atoms with Gasteiger partial charge in [0.1, 0.15) is 11.0 Å². The number of amides is 1. The van der Waals surface area contributed by atoms with Gasteiger partial charge in [0.25, 0.3) is 0 Å². The predicted molar refractivity (Wildman–Crippen MR) is 100 cm³/mol. The molecule has 1 aromatic carbocycles. The normalized spacial score (nSPS) is 10.8. The second-order valence-electron chi connectivity index (χ2n) is 5.35. The van der Waals surface area contributed by atoms with Crippen LogP contribution in [0.1, 0.15) is 18.1 Å². The topological polar surface area (TPSA) is 79.8 Å². The number of hydrogen-bond acceptors (Lipinski definition) is 7. The highest BCUT2D eigenvalue weighted by Gasteiger charge is 2.12. The number of carbonyl (C=O) groups is 1. The number of anilines is 3. The molecule has 2 N–H and O–H groups in total. The third-order valence-corrected chi connectivity index (χ3v) is 5.48. The molecule has 6 nitrogen and oxygen atoms in total. The van der Waals surface area contributed by atoms with Crippen LogP contribution in [-0.4, -0.2) is 27.1 Å². The van der Waals surface area contributed by atoms with E-state index >= 15 is 0 Å². The van der Waals surface area contributed by atoms with Crippen molar-refractivity contribution in [3.05, 3.63) is 29.6 Å².